The Morgan fingerprint density at radius 1 is 1.06 bits per heavy atom. The van der Waals surface area contributed by atoms with Crippen LogP contribution in [0, 0.1) is 25.2 Å². The number of ether oxygens (including phenoxy) is 2. The number of methoxy groups -OCH3 is 1. The average molecular weight is 447 g/mol. The Kier molecular flexibility index (Phi) is 7.54. The third kappa shape index (κ3) is 6.13. The van der Waals surface area contributed by atoms with Crippen LogP contribution in [-0.4, -0.2) is 13.0 Å². The molecule has 6 heteroatoms. The Labute approximate surface area is 192 Å². The van der Waals surface area contributed by atoms with E-state index in [0.29, 0.717) is 34.4 Å². The molecule has 0 spiro atoms. The van der Waals surface area contributed by atoms with E-state index in [0.717, 1.165) is 16.7 Å². The molecule has 0 saturated carbocycles. The molecule has 3 aromatic carbocycles. The smallest absolute Gasteiger partial charge is 0.266 e. The van der Waals surface area contributed by atoms with Crippen molar-refractivity contribution >= 4 is 29.3 Å². The van der Waals surface area contributed by atoms with E-state index >= 15 is 0 Å². The van der Waals surface area contributed by atoms with Gasteiger partial charge in [0.05, 0.1) is 7.11 Å². The van der Waals surface area contributed by atoms with Gasteiger partial charge in [-0.05, 0) is 68.0 Å². The Morgan fingerprint density at radius 3 is 2.38 bits per heavy atom. The summed E-state index contributed by atoms with van der Waals surface area (Å²) >= 11 is 6.16. The second-order valence-corrected chi connectivity index (χ2v) is 7.76. The molecule has 0 saturated heterocycles. The number of carbonyl (C=O) groups is 1. The molecule has 0 fully saturated rings. The summed E-state index contributed by atoms with van der Waals surface area (Å²) in [5.74, 6) is 0.667. The van der Waals surface area contributed by atoms with E-state index in [2.05, 4.69) is 23.5 Å². The summed E-state index contributed by atoms with van der Waals surface area (Å²) < 4.78 is 11.1. The van der Waals surface area contributed by atoms with Gasteiger partial charge in [0.15, 0.2) is 0 Å². The number of nitriles is 1. The van der Waals surface area contributed by atoms with Gasteiger partial charge in [0.1, 0.15) is 29.7 Å². The highest BCUT2D eigenvalue weighted by Crippen LogP contribution is 2.27. The Hall–Kier alpha value is -3.75. The van der Waals surface area contributed by atoms with Crippen molar-refractivity contribution in [3.63, 3.8) is 0 Å². The fraction of sp³-hybridized carbons (Fsp3) is 0.154. The molecule has 1 amide bonds. The van der Waals surface area contributed by atoms with Crippen LogP contribution in [0.1, 0.15) is 22.3 Å². The summed E-state index contributed by atoms with van der Waals surface area (Å²) in [5.41, 5.74) is 4.37. The zero-order chi connectivity index (χ0) is 23.1. The lowest BCUT2D eigenvalue weighted by Crippen LogP contribution is -2.13. The van der Waals surface area contributed by atoms with Crippen LogP contribution < -0.4 is 14.8 Å². The Balaban J connectivity index is 1.82. The number of carbonyl (C=O) groups excluding carboxylic acids is 1. The van der Waals surface area contributed by atoms with Gasteiger partial charge in [0.25, 0.3) is 5.91 Å². The van der Waals surface area contributed by atoms with Gasteiger partial charge in [-0.25, -0.2) is 0 Å². The predicted octanol–water partition coefficient (Wildman–Crippen LogP) is 6.09. The molecule has 5 nitrogen and oxygen atoms in total. The molecule has 0 bridgehead atoms. The van der Waals surface area contributed by atoms with E-state index in [9.17, 15) is 10.1 Å². The molecule has 3 rings (SSSR count). The summed E-state index contributed by atoms with van der Waals surface area (Å²) in [6.45, 7) is 4.42. The second-order valence-electron chi connectivity index (χ2n) is 7.32. The first-order valence-electron chi connectivity index (χ1n) is 9.94. The van der Waals surface area contributed by atoms with Crippen molar-refractivity contribution < 1.29 is 14.3 Å². The number of halogens is 1. The molecular weight excluding hydrogens is 424 g/mol. The van der Waals surface area contributed by atoms with Gasteiger partial charge in [0, 0.05) is 16.3 Å². The molecule has 0 radical (unpaired) electrons. The summed E-state index contributed by atoms with van der Waals surface area (Å²) in [6.07, 6.45) is 1.47. The van der Waals surface area contributed by atoms with Gasteiger partial charge >= 0.3 is 0 Å². The second kappa shape index (κ2) is 10.5. The molecule has 32 heavy (non-hydrogen) atoms. The monoisotopic (exact) mass is 446 g/mol. The van der Waals surface area contributed by atoms with Crippen LogP contribution in [0.4, 0.5) is 5.69 Å². The van der Waals surface area contributed by atoms with Crippen molar-refractivity contribution in [2.45, 2.75) is 20.5 Å². The molecule has 3 aromatic rings. The third-order valence-electron chi connectivity index (χ3n) is 4.66. The number of anilines is 1. The highest BCUT2D eigenvalue weighted by atomic mass is 35.5. The van der Waals surface area contributed by atoms with Crippen LogP contribution in [0.25, 0.3) is 6.08 Å². The maximum atomic E-state index is 12.6. The molecule has 0 aliphatic rings. The van der Waals surface area contributed by atoms with Gasteiger partial charge in [-0.2, -0.15) is 5.26 Å². The van der Waals surface area contributed by atoms with Crippen molar-refractivity contribution in [1.82, 2.24) is 0 Å². The van der Waals surface area contributed by atoms with Gasteiger partial charge in [-0.1, -0.05) is 40.9 Å². The van der Waals surface area contributed by atoms with Crippen LogP contribution >= 0.6 is 11.6 Å². The van der Waals surface area contributed by atoms with Crippen LogP contribution in [0.15, 0.2) is 66.2 Å². The Morgan fingerprint density at radius 2 is 1.75 bits per heavy atom. The topological polar surface area (TPSA) is 71.3 Å². The van der Waals surface area contributed by atoms with Crippen LogP contribution in [0.3, 0.4) is 0 Å². The molecule has 1 N–H and O–H groups in total. The summed E-state index contributed by atoms with van der Waals surface area (Å²) in [4.78, 5) is 12.6. The van der Waals surface area contributed by atoms with Gasteiger partial charge in [-0.3, -0.25) is 4.79 Å². The molecule has 0 aliphatic carbocycles. The molecule has 0 heterocycles. The number of nitrogens with zero attached hydrogens (tertiary/aromatic N) is 1. The summed E-state index contributed by atoms with van der Waals surface area (Å²) in [7, 11) is 1.56. The van der Waals surface area contributed by atoms with Crippen LogP contribution in [0.2, 0.25) is 5.02 Å². The third-order valence-corrected chi connectivity index (χ3v) is 4.90. The van der Waals surface area contributed by atoms with E-state index < -0.39 is 5.91 Å². The molecule has 0 atom stereocenters. The number of benzene rings is 3. The number of amides is 1. The van der Waals surface area contributed by atoms with Gasteiger partial charge in [-0.15, -0.1) is 0 Å². The maximum absolute atomic E-state index is 12.6. The number of hydrogen-bond acceptors (Lipinski definition) is 4. The summed E-state index contributed by atoms with van der Waals surface area (Å²) in [5, 5.41) is 12.8. The first-order valence-corrected chi connectivity index (χ1v) is 10.3. The highest BCUT2D eigenvalue weighted by Gasteiger charge is 2.12. The predicted molar refractivity (Wildman–Crippen MR) is 127 cm³/mol. The quantitative estimate of drug-likeness (QED) is 0.352. The number of rotatable bonds is 7. The maximum Gasteiger partial charge on any atom is 0.266 e. The molecule has 0 aromatic heterocycles. The number of hydrogen-bond donors (Lipinski definition) is 1. The standard InChI is InChI=1S/C26H23ClN2O3/c1-17-10-18(2)12-19(11-17)16-32-25-9-4-22(27)14-20(25)13-21(15-28)26(30)29-23-5-7-24(31-3)8-6-23/h4-14H,16H2,1-3H3,(H,29,30)/b21-13+. The molecule has 0 unspecified atom stereocenters. The normalized spacial score (nSPS) is 10.9. The number of nitrogens with one attached hydrogen (secondary N) is 1. The highest BCUT2D eigenvalue weighted by molar-refractivity contribution is 6.30. The molecule has 0 aliphatic heterocycles. The molecular formula is C26H23ClN2O3. The van der Waals surface area contributed by atoms with Crippen molar-refractivity contribution in [2.24, 2.45) is 0 Å². The first-order chi connectivity index (χ1) is 15.4. The van der Waals surface area contributed by atoms with Gasteiger partial charge < -0.3 is 14.8 Å². The zero-order valence-electron chi connectivity index (χ0n) is 18.1. The van der Waals surface area contributed by atoms with E-state index in [4.69, 9.17) is 21.1 Å². The largest absolute Gasteiger partial charge is 0.497 e. The zero-order valence-corrected chi connectivity index (χ0v) is 18.9. The Bertz CT molecular complexity index is 1170. The van der Waals surface area contributed by atoms with E-state index in [1.54, 1.807) is 49.6 Å². The minimum atomic E-state index is -0.530. The fourth-order valence-corrected chi connectivity index (χ4v) is 3.43. The lowest BCUT2D eigenvalue weighted by atomic mass is 10.1. The van der Waals surface area contributed by atoms with Crippen LogP contribution in [0.5, 0.6) is 11.5 Å². The minimum Gasteiger partial charge on any atom is -0.497 e. The van der Waals surface area contributed by atoms with Crippen molar-refractivity contribution in [3.05, 3.63) is 93.5 Å². The fourth-order valence-electron chi connectivity index (χ4n) is 3.25. The lowest BCUT2D eigenvalue weighted by molar-refractivity contribution is -0.112. The summed E-state index contributed by atoms with van der Waals surface area (Å²) in [6, 6.07) is 20.1. The van der Waals surface area contributed by atoms with Crippen molar-refractivity contribution in [2.75, 3.05) is 12.4 Å². The van der Waals surface area contributed by atoms with Crippen LogP contribution in [-0.2, 0) is 11.4 Å². The number of aryl methyl sites for hydroxylation is 2. The SMILES string of the molecule is COc1ccc(NC(=O)/C(C#N)=C/c2cc(Cl)ccc2OCc2cc(C)cc(C)c2)cc1. The van der Waals surface area contributed by atoms with E-state index in [1.807, 2.05) is 19.9 Å². The van der Waals surface area contributed by atoms with Crippen molar-refractivity contribution in [3.8, 4) is 17.6 Å². The van der Waals surface area contributed by atoms with Crippen molar-refractivity contribution in [1.29, 1.82) is 5.26 Å². The average Bonchev–Trinajstić information content (AvgIpc) is 2.76. The van der Waals surface area contributed by atoms with Gasteiger partial charge in [0.2, 0.25) is 0 Å². The first kappa shape index (κ1) is 22.9. The van der Waals surface area contributed by atoms with E-state index in [1.165, 1.54) is 6.08 Å². The minimum absolute atomic E-state index is 0.0701. The lowest BCUT2D eigenvalue weighted by Gasteiger charge is -2.12. The molecule has 162 valence electrons. The van der Waals surface area contributed by atoms with E-state index in [-0.39, 0.29) is 5.57 Å².